The fourth-order valence-corrected chi connectivity index (χ4v) is 3.87. The highest BCUT2D eigenvalue weighted by Crippen LogP contribution is 2.29. The zero-order valence-corrected chi connectivity index (χ0v) is 17.1. The van der Waals surface area contributed by atoms with Crippen molar-refractivity contribution in [1.82, 2.24) is 14.8 Å². The normalized spacial score (nSPS) is 10.8. The van der Waals surface area contributed by atoms with Gasteiger partial charge in [0.2, 0.25) is 0 Å². The number of rotatable bonds is 4. The maximum Gasteiger partial charge on any atom is 0.277 e. The van der Waals surface area contributed by atoms with Gasteiger partial charge in [0.1, 0.15) is 9.88 Å². The number of hydrogen-bond acceptors (Lipinski definition) is 6. The molecule has 144 valence electrons. The van der Waals surface area contributed by atoms with Gasteiger partial charge in [-0.1, -0.05) is 12.1 Å². The average molecular weight is 396 g/mol. The van der Waals surface area contributed by atoms with Gasteiger partial charge in [-0.3, -0.25) is 14.4 Å². The van der Waals surface area contributed by atoms with E-state index in [1.807, 2.05) is 13.8 Å². The molecule has 0 spiro atoms. The lowest BCUT2D eigenvalue weighted by Gasteiger charge is -2.07. The number of ketones is 1. The van der Waals surface area contributed by atoms with Crippen LogP contribution in [-0.4, -0.2) is 26.5 Å². The minimum atomic E-state index is -0.331. The van der Waals surface area contributed by atoms with Crippen LogP contribution in [0.2, 0.25) is 0 Å². The van der Waals surface area contributed by atoms with Crippen molar-refractivity contribution in [1.29, 1.82) is 0 Å². The third-order valence-electron chi connectivity index (χ3n) is 4.47. The lowest BCUT2D eigenvalue weighted by molar-refractivity contribution is 0.101. The number of Topliss-reactive ketones (excluding diaryl/α,β-unsaturated/α-hetero) is 1. The largest absolute Gasteiger partial charge is 0.321 e. The molecule has 0 unspecified atom stereocenters. The van der Waals surface area contributed by atoms with Crippen molar-refractivity contribution in [2.75, 3.05) is 5.32 Å². The molecule has 0 atom stereocenters. The van der Waals surface area contributed by atoms with Crippen LogP contribution in [0.4, 0.5) is 5.69 Å². The summed E-state index contributed by atoms with van der Waals surface area (Å²) in [4.78, 5) is 41.7. The molecule has 3 aromatic rings. The van der Waals surface area contributed by atoms with Gasteiger partial charge in [0.15, 0.2) is 5.78 Å². The second-order valence-electron chi connectivity index (χ2n) is 6.54. The number of aryl methyl sites for hydroxylation is 3. The first kappa shape index (κ1) is 19.6. The van der Waals surface area contributed by atoms with Gasteiger partial charge in [0.05, 0.1) is 17.0 Å². The third kappa shape index (κ3) is 3.63. The lowest BCUT2D eigenvalue weighted by Crippen LogP contribution is -2.23. The van der Waals surface area contributed by atoms with E-state index < -0.39 is 0 Å². The molecule has 2 aromatic heterocycles. The molecule has 0 saturated heterocycles. The lowest BCUT2D eigenvalue weighted by atomic mass is 10.1. The zero-order valence-electron chi connectivity index (χ0n) is 16.3. The number of hydrogen-bond donors (Lipinski definition) is 1. The summed E-state index contributed by atoms with van der Waals surface area (Å²) in [5.41, 5.74) is 3.27. The topological polar surface area (TPSA) is 94.0 Å². The van der Waals surface area contributed by atoms with Gasteiger partial charge >= 0.3 is 0 Å². The van der Waals surface area contributed by atoms with Crippen molar-refractivity contribution in [3.05, 3.63) is 62.0 Å². The number of aromatic nitrogens is 3. The van der Waals surface area contributed by atoms with E-state index in [0.29, 0.717) is 32.4 Å². The smallest absolute Gasteiger partial charge is 0.277 e. The molecule has 0 aliphatic heterocycles. The first-order valence-corrected chi connectivity index (χ1v) is 9.45. The number of anilines is 1. The Morgan fingerprint density at radius 2 is 1.86 bits per heavy atom. The van der Waals surface area contributed by atoms with Crippen LogP contribution in [0.25, 0.3) is 10.6 Å². The summed E-state index contributed by atoms with van der Waals surface area (Å²) in [6.07, 6.45) is 0. The van der Waals surface area contributed by atoms with E-state index in [2.05, 4.69) is 15.4 Å². The van der Waals surface area contributed by atoms with E-state index in [1.165, 1.54) is 11.6 Å². The van der Waals surface area contributed by atoms with E-state index in [1.54, 1.807) is 38.2 Å². The zero-order chi connectivity index (χ0) is 20.6. The molecule has 8 heteroatoms. The molecule has 0 aliphatic carbocycles. The van der Waals surface area contributed by atoms with Crippen LogP contribution in [-0.2, 0) is 7.05 Å². The van der Waals surface area contributed by atoms with E-state index in [-0.39, 0.29) is 17.2 Å². The Hall–Kier alpha value is -3.13. The second-order valence-corrected chi connectivity index (χ2v) is 7.54. The predicted molar refractivity (Wildman–Crippen MR) is 109 cm³/mol. The van der Waals surface area contributed by atoms with Gasteiger partial charge in [-0.05, 0) is 45.4 Å². The van der Waals surface area contributed by atoms with Gasteiger partial charge in [0, 0.05) is 18.3 Å². The van der Waals surface area contributed by atoms with Crippen LogP contribution in [0.15, 0.2) is 29.1 Å². The molecular formula is C20H20N4O3S. The van der Waals surface area contributed by atoms with Crippen molar-refractivity contribution < 1.29 is 9.59 Å². The van der Waals surface area contributed by atoms with Gasteiger partial charge in [0.25, 0.3) is 11.5 Å². The monoisotopic (exact) mass is 396 g/mol. The molecule has 1 amide bonds. The van der Waals surface area contributed by atoms with Crippen molar-refractivity contribution in [2.45, 2.75) is 27.7 Å². The molecule has 0 radical (unpaired) electrons. The first-order valence-electron chi connectivity index (χ1n) is 8.63. The molecule has 0 fully saturated rings. The van der Waals surface area contributed by atoms with Gasteiger partial charge in [-0.25, -0.2) is 9.67 Å². The summed E-state index contributed by atoms with van der Waals surface area (Å²) in [5, 5.41) is 7.46. The Bertz CT molecular complexity index is 1160. The van der Waals surface area contributed by atoms with Crippen LogP contribution in [0.5, 0.6) is 0 Å². The molecule has 0 aliphatic rings. The highest BCUT2D eigenvalue weighted by Gasteiger charge is 2.21. The Morgan fingerprint density at radius 3 is 2.54 bits per heavy atom. The van der Waals surface area contributed by atoms with Crippen LogP contribution < -0.4 is 10.9 Å². The average Bonchev–Trinajstić information content (AvgIpc) is 3.02. The van der Waals surface area contributed by atoms with E-state index in [0.717, 1.165) is 22.6 Å². The number of nitrogens with zero attached hydrogens (tertiary/aromatic N) is 3. The number of thiazole rings is 1. The van der Waals surface area contributed by atoms with Gasteiger partial charge in [-0.2, -0.15) is 5.10 Å². The van der Waals surface area contributed by atoms with E-state index >= 15 is 0 Å². The number of nitrogens with one attached hydrogen (secondary N) is 1. The molecule has 0 bridgehead atoms. The van der Waals surface area contributed by atoms with Crippen LogP contribution in [0, 0.1) is 20.8 Å². The summed E-state index contributed by atoms with van der Waals surface area (Å²) >= 11 is 1.16. The SMILES string of the molecule is CC(=O)c1cccc(NC(=O)c2sc(-c3c(C)c(C)nn(C)c3=O)nc2C)c1. The van der Waals surface area contributed by atoms with Gasteiger partial charge in [-0.15, -0.1) is 11.3 Å². The molecule has 1 N–H and O–H groups in total. The van der Waals surface area contributed by atoms with Crippen molar-refractivity contribution >= 4 is 28.7 Å². The third-order valence-corrected chi connectivity index (χ3v) is 5.64. The maximum atomic E-state index is 12.7. The van der Waals surface area contributed by atoms with Gasteiger partial charge < -0.3 is 5.32 Å². The molecule has 1 aromatic carbocycles. The minimum Gasteiger partial charge on any atom is -0.321 e. The van der Waals surface area contributed by atoms with Crippen LogP contribution in [0.3, 0.4) is 0 Å². The number of carbonyl (C=O) groups is 2. The maximum absolute atomic E-state index is 12.7. The quantitative estimate of drug-likeness (QED) is 0.683. The first-order chi connectivity index (χ1) is 13.2. The fourth-order valence-electron chi connectivity index (χ4n) is 2.82. The van der Waals surface area contributed by atoms with E-state index in [9.17, 15) is 14.4 Å². The highest BCUT2D eigenvalue weighted by molar-refractivity contribution is 7.17. The molecular weight excluding hydrogens is 376 g/mol. The number of benzene rings is 1. The Balaban J connectivity index is 1.98. The highest BCUT2D eigenvalue weighted by atomic mass is 32.1. The minimum absolute atomic E-state index is 0.0771. The molecule has 0 saturated carbocycles. The molecule has 7 nitrogen and oxygen atoms in total. The van der Waals surface area contributed by atoms with Crippen molar-refractivity contribution in [3.63, 3.8) is 0 Å². The van der Waals surface area contributed by atoms with Crippen molar-refractivity contribution in [2.24, 2.45) is 7.05 Å². The summed E-state index contributed by atoms with van der Waals surface area (Å²) in [6, 6.07) is 6.75. The molecule has 3 rings (SSSR count). The van der Waals surface area contributed by atoms with E-state index in [4.69, 9.17) is 0 Å². The standard InChI is InChI=1S/C20H20N4O3S/c1-10-11(2)23-24(5)20(27)16(10)19-21-12(3)17(28-19)18(26)22-15-8-6-7-14(9-15)13(4)25/h6-9H,1-5H3,(H,22,26). The van der Waals surface area contributed by atoms with Crippen LogP contribution in [0.1, 0.15) is 43.9 Å². The molecule has 2 heterocycles. The van der Waals surface area contributed by atoms with Crippen molar-refractivity contribution in [3.8, 4) is 10.6 Å². The molecule has 28 heavy (non-hydrogen) atoms. The Morgan fingerprint density at radius 1 is 1.14 bits per heavy atom. The second kappa shape index (κ2) is 7.47. The summed E-state index contributed by atoms with van der Waals surface area (Å²) in [7, 11) is 1.59. The fraction of sp³-hybridized carbons (Fsp3) is 0.250. The number of carbonyl (C=O) groups excluding carboxylic acids is 2. The van der Waals surface area contributed by atoms with Crippen LogP contribution >= 0.6 is 11.3 Å². The number of amides is 1. The predicted octanol–water partition coefficient (Wildman–Crippen LogP) is 3.28. The Labute approximate surface area is 166 Å². The Kier molecular flexibility index (Phi) is 5.24. The summed E-state index contributed by atoms with van der Waals surface area (Å²) in [6.45, 7) is 6.85. The summed E-state index contributed by atoms with van der Waals surface area (Å²) < 4.78 is 1.28. The summed E-state index contributed by atoms with van der Waals surface area (Å²) in [5.74, 6) is -0.408.